The second-order valence-electron chi connectivity index (χ2n) is 2.63. The number of allylic oxidation sites excluding steroid dienone is 1. The second kappa shape index (κ2) is 10.1. The van der Waals surface area contributed by atoms with Crippen LogP contribution in [0.25, 0.3) is 0 Å². The van der Waals surface area contributed by atoms with Crippen molar-refractivity contribution in [3.05, 3.63) is 12.2 Å². The van der Waals surface area contributed by atoms with Crippen molar-refractivity contribution in [1.29, 1.82) is 0 Å². The van der Waals surface area contributed by atoms with Crippen LogP contribution in [0.15, 0.2) is 12.2 Å². The van der Waals surface area contributed by atoms with Gasteiger partial charge >= 0.3 is 29.6 Å². The first-order valence-corrected chi connectivity index (χ1v) is 5.65. The van der Waals surface area contributed by atoms with Crippen LogP contribution in [0, 0.1) is 0 Å². The predicted octanol–water partition coefficient (Wildman–Crippen LogP) is -1.40. The molecular formula is C8H15NaO4S. The quantitative estimate of drug-likeness (QED) is 0.177. The molecule has 0 amide bonds. The van der Waals surface area contributed by atoms with Crippen LogP contribution >= 0.6 is 0 Å². The fourth-order valence-electron chi connectivity index (χ4n) is 0.776. The van der Waals surface area contributed by atoms with Gasteiger partial charge in [-0.3, -0.25) is 4.18 Å². The van der Waals surface area contributed by atoms with E-state index in [0.717, 1.165) is 19.3 Å². The molecule has 0 heterocycles. The molecule has 4 nitrogen and oxygen atoms in total. The summed E-state index contributed by atoms with van der Waals surface area (Å²) < 4.78 is 33.9. The van der Waals surface area contributed by atoms with E-state index in [0.29, 0.717) is 6.42 Å². The van der Waals surface area contributed by atoms with E-state index >= 15 is 0 Å². The topological polar surface area (TPSA) is 66.4 Å². The van der Waals surface area contributed by atoms with E-state index in [1.807, 2.05) is 12.2 Å². The number of rotatable bonds is 7. The van der Waals surface area contributed by atoms with Gasteiger partial charge in [0.1, 0.15) is 0 Å². The zero-order valence-electron chi connectivity index (χ0n) is 8.73. The van der Waals surface area contributed by atoms with Gasteiger partial charge in [-0.2, -0.15) is 0 Å². The number of unbranched alkanes of at least 4 members (excludes halogenated alkanes) is 2. The molecule has 0 aromatic carbocycles. The van der Waals surface area contributed by atoms with Gasteiger partial charge in [0.15, 0.2) is 0 Å². The Morgan fingerprint density at radius 3 is 2.36 bits per heavy atom. The minimum atomic E-state index is -4.51. The van der Waals surface area contributed by atoms with Crippen LogP contribution < -0.4 is 29.6 Å². The maximum Gasteiger partial charge on any atom is 1.00 e. The smallest absolute Gasteiger partial charge is 0.726 e. The molecule has 0 bridgehead atoms. The van der Waals surface area contributed by atoms with Crippen LogP contribution in [0.1, 0.15) is 32.6 Å². The van der Waals surface area contributed by atoms with E-state index in [1.54, 1.807) is 0 Å². The fourth-order valence-corrected chi connectivity index (χ4v) is 1.08. The molecule has 0 fully saturated rings. The summed E-state index contributed by atoms with van der Waals surface area (Å²) in [6.45, 7) is 2.04. The molecule has 0 rings (SSSR count). The first kappa shape index (κ1) is 17.0. The fraction of sp³-hybridized carbons (Fsp3) is 0.750. The molecule has 0 unspecified atom stereocenters. The molecule has 14 heavy (non-hydrogen) atoms. The largest absolute Gasteiger partial charge is 1.00 e. The molecule has 78 valence electrons. The summed E-state index contributed by atoms with van der Waals surface area (Å²) in [4.78, 5) is 0. The summed E-state index contributed by atoms with van der Waals surface area (Å²) in [7, 11) is -4.51. The standard InChI is InChI=1S/C8H16O4S.Na/c1-2-3-4-5-6-7-8-12-13(9,10)11;/h5-6H,2-4,7-8H2,1H3,(H,9,10,11);/q;+1/p-1/b6-5+;. The van der Waals surface area contributed by atoms with E-state index in [1.165, 1.54) is 0 Å². The molecule has 0 aliphatic rings. The number of hydrogen-bond acceptors (Lipinski definition) is 4. The second-order valence-corrected chi connectivity index (χ2v) is 3.68. The van der Waals surface area contributed by atoms with Crippen molar-refractivity contribution in [3.8, 4) is 0 Å². The Morgan fingerprint density at radius 1 is 1.29 bits per heavy atom. The van der Waals surface area contributed by atoms with Crippen LogP contribution in [0.4, 0.5) is 0 Å². The molecule has 0 aromatic heterocycles. The van der Waals surface area contributed by atoms with Crippen molar-refractivity contribution >= 4 is 10.4 Å². The molecule has 0 radical (unpaired) electrons. The molecule has 0 saturated carbocycles. The third kappa shape index (κ3) is 15.1. The summed E-state index contributed by atoms with van der Waals surface area (Å²) in [5.74, 6) is 0. The molecular weight excluding hydrogens is 215 g/mol. The van der Waals surface area contributed by atoms with Crippen molar-refractivity contribution in [2.75, 3.05) is 6.61 Å². The Bertz CT molecular complexity index is 236. The van der Waals surface area contributed by atoms with Crippen LogP contribution in [-0.2, 0) is 14.6 Å². The average molecular weight is 230 g/mol. The number of hydrogen-bond donors (Lipinski definition) is 0. The van der Waals surface area contributed by atoms with Crippen molar-refractivity contribution < 1.29 is 46.7 Å². The van der Waals surface area contributed by atoms with E-state index in [-0.39, 0.29) is 36.2 Å². The van der Waals surface area contributed by atoms with Gasteiger partial charge in [0, 0.05) is 0 Å². The molecule has 0 N–H and O–H groups in total. The molecule has 0 atom stereocenters. The van der Waals surface area contributed by atoms with Gasteiger partial charge in [0.2, 0.25) is 10.4 Å². The van der Waals surface area contributed by atoms with Crippen molar-refractivity contribution in [2.24, 2.45) is 0 Å². The zero-order valence-corrected chi connectivity index (χ0v) is 11.5. The Balaban J connectivity index is 0. The average Bonchev–Trinajstić information content (AvgIpc) is 2.01. The maximum absolute atomic E-state index is 9.96. The SMILES string of the molecule is CCCC/C=C/CCOS(=O)(=O)[O-].[Na+]. The van der Waals surface area contributed by atoms with E-state index < -0.39 is 10.4 Å². The first-order valence-electron chi connectivity index (χ1n) is 4.31. The van der Waals surface area contributed by atoms with Gasteiger partial charge in [-0.25, -0.2) is 8.42 Å². The Kier molecular flexibility index (Phi) is 12.3. The normalized spacial score (nSPS) is 11.6. The van der Waals surface area contributed by atoms with Gasteiger partial charge in [0.05, 0.1) is 6.61 Å². The Labute approximate surface area is 108 Å². The molecule has 0 aromatic rings. The summed E-state index contributed by atoms with van der Waals surface area (Å²) in [5.41, 5.74) is 0. The van der Waals surface area contributed by atoms with Gasteiger partial charge in [-0.05, 0) is 12.8 Å². The van der Waals surface area contributed by atoms with Crippen molar-refractivity contribution in [3.63, 3.8) is 0 Å². The van der Waals surface area contributed by atoms with Gasteiger partial charge in [0.25, 0.3) is 0 Å². The monoisotopic (exact) mass is 230 g/mol. The molecule has 6 heteroatoms. The van der Waals surface area contributed by atoms with E-state index in [4.69, 9.17) is 0 Å². The zero-order chi connectivity index (χ0) is 10.2. The summed E-state index contributed by atoms with van der Waals surface area (Å²) in [6.07, 6.45) is 7.49. The van der Waals surface area contributed by atoms with Crippen LogP contribution in [0.2, 0.25) is 0 Å². The molecule has 0 aliphatic carbocycles. The van der Waals surface area contributed by atoms with E-state index in [2.05, 4.69) is 11.1 Å². The van der Waals surface area contributed by atoms with Crippen molar-refractivity contribution in [1.82, 2.24) is 0 Å². The third-order valence-electron chi connectivity index (χ3n) is 1.40. The summed E-state index contributed by atoms with van der Waals surface area (Å²) >= 11 is 0. The van der Waals surface area contributed by atoms with Gasteiger partial charge in [-0.15, -0.1) is 0 Å². The van der Waals surface area contributed by atoms with E-state index in [9.17, 15) is 13.0 Å². The predicted molar refractivity (Wildman–Crippen MR) is 48.9 cm³/mol. The minimum absolute atomic E-state index is 0. The molecule has 0 aliphatic heterocycles. The Morgan fingerprint density at radius 2 is 1.86 bits per heavy atom. The van der Waals surface area contributed by atoms with Gasteiger partial charge in [-0.1, -0.05) is 31.9 Å². The molecule has 0 spiro atoms. The summed E-state index contributed by atoms with van der Waals surface area (Å²) in [5, 5.41) is 0. The first-order chi connectivity index (χ1) is 6.06. The minimum Gasteiger partial charge on any atom is -0.726 e. The molecule has 0 saturated heterocycles. The Hall–Kier alpha value is 0.610. The summed E-state index contributed by atoms with van der Waals surface area (Å²) in [6, 6.07) is 0. The van der Waals surface area contributed by atoms with Crippen LogP contribution in [0.3, 0.4) is 0 Å². The van der Waals surface area contributed by atoms with Crippen molar-refractivity contribution in [2.45, 2.75) is 32.6 Å². The van der Waals surface area contributed by atoms with Crippen LogP contribution in [0.5, 0.6) is 0 Å². The van der Waals surface area contributed by atoms with Crippen LogP contribution in [-0.4, -0.2) is 19.6 Å². The van der Waals surface area contributed by atoms with Gasteiger partial charge < -0.3 is 4.55 Å². The maximum atomic E-state index is 9.96. The third-order valence-corrected chi connectivity index (χ3v) is 1.86.